The van der Waals surface area contributed by atoms with Crippen molar-refractivity contribution < 1.29 is 4.79 Å². The second kappa shape index (κ2) is 11.1. The van der Waals surface area contributed by atoms with Crippen molar-refractivity contribution in [3.05, 3.63) is 77.5 Å². The molecule has 0 atom stereocenters. The van der Waals surface area contributed by atoms with Crippen LogP contribution in [-0.2, 0) is 0 Å². The fraction of sp³-hybridized carbons (Fsp3) is 0.321. The molecule has 0 spiro atoms. The quantitative estimate of drug-likeness (QED) is 0.438. The normalized spacial score (nSPS) is 15.0. The number of carbonyl (C=O) groups is 1. The van der Waals surface area contributed by atoms with E-state index in [4.69, 9.17) is 0 Å². The highest BCUT2D eigenvalue weighted by Gasteiger charge is 2.20. The van der Waals surface area contributed by atoms with Gasteiger partial charge in [-0.3, -0.25) is 9.69 Å². The van der Waals surface area contributed by atoms with Crippen LogP contribution < -0.4 is 10.2 Å². The average Bonchev–Trinajstić information content (AvgIpc) is 2.86. The summed E-state index contributed by atoms with van der Waals surface area (Å²) in [6.45, 7) is 16.3. The van der Waals surface area contributed by atoms with Gasteiger partial charge in [0.05, 0.1) is 0 Å². The zero-order valence-electron chi connectivity index (χ0n) is 20.9. The van der Waals surface area contributed by atoms with Crippen LogP contribution in [0.1, 0.15) is 43.6 Å². The Balaban J connectivity index is 1.49. The molecule has 0 bridgehead atoms. The first-order chi connectivity index (χ1) is 16.8. The van der Waals surface area contributed by atoms with Gasteiger partial charge in [-0.1, -0.05) is 36.5 Å². The summed E-state index contributed by atoms with van der Waals surface area (Å²) in [5.41, 5.74) is 1.69. The van der Waals surface area contributed by atoms with E-state index in [9.17, 15) is 4.79 Å². The highest BCUT2D eigenvalue weighted by molar-refractivity contribution is 8.11. The van der Waals surface area contributed by atoms with Gasteiger partial charge in [0.25, 0.3) is 5.91 Å². The third kappa shape index (κ3) is 6.10. The van der Waals surface area contributed by atoms with E-state index < -0.39 is 0 Å². The Hall–Kier alpha value is -3.16. The molecule has 1 amide bonds. The lowest BCUT2D eigenvalue weighted by Crippen LogP contribution is -2.49. The zero-order valence-corrected chi connectivity index (χ0v) is 21.7. The lowest BCUT2D eigenvalue weighted by molar-refractivity contribution is 0.102. The Morgan fingerprint density at radius 3 is 2.51 bits per heavy atom. The number of anilines is 2. The van der Waals surface area contributed by atoms with Crippen molar-refractivity contribution >= 4 is 45.0 Å². The number of benzene rings is 1. The molecule has 1 fully saturated rings. The van der Waals surface area contributed by atoms with Gasteiger partial charge in [0.15, 0.2) is 0 Å². The van der Waals surface area contributed by atoms with E-state index >= 15 is 0 Å². The molecule has 0 radical (unpaired) electrons. The highest BCUT2D eigenvalue weighted by Crippen LogP contribution is 2.34. The standard InChI is InChI=1S/C28H33N5OS/c1-6-25(35-20(4)5)21-7-8-23-18-30-26(16-24(23)15-21)31-28(34)22-9-10-29-27(17-22)33-13-11-32(12-14-33)19(2)3/h6-10,15-19H,4,11-14H2,1-3,5H3,(H,30,31,34)/b25-6-. The molecule has 1 aliphatic heterocycles. The van der Waals surface area contributed by atoms with Gasteiger partial charge < -0.3 is 10.2 Å². The Morgan fingerprint density at radius 1 is 1.06 bits per heavy atom. The molecule has 1 aliphatic rings. The minimum absolute atomic E-state index is 0.190. The number of hydrogen-bond donors (Lipinski definition) is 1. The fourth-order valence-corrected chi connectivity index (χ4v) is 4.96. The number of aromatic nitrogens is 2. The second-order valence-electron chi connectivity index (χ2n) is 9.06. The molecule has 7 heteroatoms. The molecule has 1 N–H and O–H groups in total. The molecule has 0 saturated carbocycles. The van der Waals surface area contributed by atoms with Gasteiger partial charge in [-0.25, -0.2) is 9.97 Å². The first-order valence-electron chi connectivity index (χ1n) is 12.0. The molecule has 2 aromatic heterocycles. The van der Waals surface area contributed by atoms with Crippen molar-refractivity contribution in [1.29, 1.82) is 0 Å². The molecule has 3 heterocycles. The van der Waals surface area contributed by atoms with Crippen molar-refractivity contribution in [2.45, 2.75) is 33.7 Å². The Morgan fingerprint density at radius 2 is 1.83 bits per heavy atom. The first kappa shape index (κ1) is 24.9. The van der Waals surface area contributed by atoms with Gasteiger partial charge in [0, 0.05) is 60.5 Å². The maximum atomic E-state index is 13.0. The molecule has 6 nitrogen and oxygen atoms in total. The number of amides is 1. The van der Waals surface area contributed by atoms with Crippen LogP contribution in [0.25, 0.3) is 15.7 Å². The zero-order chi connectivity index (χ0) is 24.9. The monoisotopic (exact) mass is 487 g/mol. The Bertz CT molecular complexity index is 1260. The first-order valence-corrected chi connectivity index (χ1v) is 12.8. The number of carbonyl (C=O) groups excluding carboxylic acids is 1. The van der Waals surface area contributed by atoms with Gasteiger partial charge in [-0.2, -0.15) is 0 Å². The van der Waals surface area contributed by atoms with Gasteiger partial charge >= 0.3 is 0 Å². The van der Waals surface area contributed by atoms with E-state index in [1.54, 1.807) is 30.2 Å². The van der Waals surface area contributed by atoms with E-state index in [1.165, 1.54) is 0 Å². The van der Waals surface area contributed by atoms with Crippen LogP contribution in [0, 0.1) is 0 Å². The van der Waals surface area contributed by atoms with Gasteiger partial charge in [-0.05, 0) is 67.8 Å². The number of thioether (sulfide) groups is 1. The SMILES string of the molecule is C=C(C)S/C(=C\C)c1ccc2cnc(NC(=O)c3ccnc(N4CCN(C(C)C)CC4)c3)cc2c1. The molecule has 35 heavy (non-hydrogen) atoms. The smallest absolute Gasteiger partial charge is 0.257 e. The lowest BCUT2D eigenvalue weighted by atomic mass is 10.1. The van der Waals surface area contributed by atoms with Crippen LogP contribution in [0.15, 0.2) is 66.4 Å². The fourth-order valence-electron chi connectivity index (χ4n) is 4.22. The van der Waals surface area contributed by atoms with Crippen LogP contribution in [0.4, 0.5) is 11.6 Å². The largest absolute Gasteiger partial charge is 0.354 e. The summed E-state index contributed by atoms with van der Waals surface area (Å²) in [4.78, 5) is 28.9. The molecule has 0 aliphatic carbocycles. The van der Waals surface area contributed by atoms with Crippen LogP contribution in [0.3, 0.4) is 0 Å². The number of nitrogens with zero attached hydrogens (tertiary/aromatic N) is 4. The molecule has 1 saturated heterocycles. The van der Waals surface area contributed by atoms with Crippen molar-refractivity contribution in [3.8, 4) is 0 Å². The number of hydrogen-bond acceptors (Lipinski definition) is 6. The van der Waals surface area contributed by atoms with Crippen LogP contribution in [-0.4, -0.2) is 53.0 Å². The van der Waals surface area contributed by atoms with E-state index in [2.05, 4.69) is 69.8 Å². The molecule has 0 unspecified atom stereocenters. The maximum absolute atomic E-state index is 13.0. The van der Waals surface area contributed by atoms with Crippen LogP contribution in [0.2, 0.25) is 0 Å². The average molecular weight is 488 g/mol. The number of nitrogens with one attached hydrogen (secondary N) is 1. The predicted octanol–water partition coefficient (Wildman–Crippen LogP) is 6.04. The summed E-state index contributed by atoms with van der Waals surface area (Å²) >= 11 is 1.66. The molecule has 1 aromatic carbocycles. The van der Waals surface area contributed by atoms with Gasteiger partial charge in [-0.15, -0.1) is 0 Å². The van der Waals surface area contributed by atoms with Crippen LogP contribution >= 0.6 is 11.8 Å². The number of pyridine rings is 2. The summed E-state index contributed by atoms with van der Waals surface area (Å²) in [6.07, 6.45) is 5.59. The van der Waals surface area contributed by atoms with Crippen molar-refractivity contribution in [3.63, 3.8) is 0 Å². The molecule has 4 rings (SSSR count). The van der Waals surface area contributed by atoms with E-state index in [0.29, 0.717) is 17.4 Å². The van der Waals surface area contributed by atoms with E-state index in [-0.39, 0.29) is 5.91 Å². The van der Waals surface area contributed by atoms with E-state index in [0.717, 1.165) is 58.1 Å². The van der Waals surface area contributed by atoms with Gasteiger partial charge in [0.2, 0.25) is 0 Å². The third-order valence-corrected chi connectivity index (χ3v) is 7.21. The minimum Gasteiger partial charge on any atom is -0.354 e. The summed E-state index contributed by atoms with van der Waals surface area (Å²) in [5, 5.41) is 5.00. The van der Waals surface area contributed by atoms with Crippen molar-refractivity contribution in [2.24, 2.45) is 0 Å². The van der Waals surface area contributed by atoms with Crippen molar-refractivity contribution in [1.82, 2.24) is 14.9 Å². The number of allylic oxidation sites excluding steroid dienone is 2. The topological polar surface area (TPSA) is 61.4 Å². The highest BCUT2D eigenvalue weighted by atomic mass is 32.2. The maximum Gasteiger partial charge on any atom is 0.257 e. The lowest BCUT2D eigenvalue weighted by Gasteiger charge is -2.37. The van der Waals surface area contributed by atoms with Gasteiger partial charge in [0.1, 0.15) is 11.6 Å². The summed E-state index contributed by atoms with van der Waals surface area (Å²) in [7, 11) is 0. The number of fused-ring (bicyclic) bond motifs is 1. The van der Waals surface area contributed by atoms with Crippen molar-refractivity contribution in [2.75, 3.05) is 36.4 Å². The third-order valence-electron chi connectivity index (χ3n) is 6.17. The molecule has 3 aromatic rings. The second-order valence-corrected chi connectivity index (χ2v) is 10.4. The Labute approximate surface area is 212 Å². The van der Waals surface area contributed by atoms with E-state index in [1.807, 2.05) is 26.0 Å². The predicted molar refractivity (Wildman–Crippen MR) is 149 cm³/mol. The number of rotatable bonds is 7. The molecular formula is C28H33N5OS. The summed E-state index contributed by atoms with van der Waals surface area (Å²) < 4.78 is 0. The summed E-state index contributed by atoms with van der Waals surface area (Å²) in [5.74, 6) is 1.17. The number of piperazine rings is 1. The summed E-state index contributed by atoms with van der Waals surface area (Å²) in [6, 6.07) is 12.3. The Kier molecular flexibility index (Phi) is 7.88. The molecule has 182 valence electrons. The minimum atomic E-state index is -0.190. The van der Waals surface area contributed by atoms with Crippen LogP contribution in [0.5, 0.6) is 0 Å². The molecular weight excluding hydrogens is 454 g/mol.